The van der Waals surface area contributed by atoms with Gasteiger partial charge in [-0.1, -0.05) is 25.6 Å². The highest BCUT2D eigenvalue weighted by molar-refractivity contribution is 7.99. The molecule has 1 aromatic rings. The molecule has 0 unspecified atom stereocenters. The number of rotatable bonds is 3. The Hall–Kier alpha value is -1.24. The van der Waals surface area contributed by atoms with Gasteiger partial charge in [0, 0.05) is 11.8 Å². The maximum atomic E-state index is 12.2. The molecule has 21 heavy (non-hydrogen) atoms. The molecule has 0 radical (unpaired) electrons. The van der Waals surface area contributed by atoms with Crippen LogP contribution in [0.2, 0.25) is 0 Å². The molecule has 1 amide bonds. The van der Waals surface area contributed by atoms with E-state index in [0.29, 0.717) is 22.9 Å². The fraction of sp³-hybridized carbons (Fsp3) is 0.786. The standard InChI is InChI=1S/C14H23N3O3S/c1-9(2)21-12-16-15-11(19-12)10-7-6-8-17(10)13(18)20-14(3,4)5/h9-10H,6-8H2,1-5H3/t10-/m0/s1. The van der Waals surface area contributed by atoms with E-state index >= 15 is 0 Å². The quantitative estimate of drug-likeness (QED) is 0.794. The number of likely N-dealkylation sites (tertiary alicyclic amines) is 1. The summed E-state index contributed by atoms with van der Waals surface area (Å²) >= 11 is 1.52. The van der Waals surface area contributed by atoms with Crippen LogP contribution in [0.5, 0.6) is 0 Å². The van der Waals surface area contributed by atoms with Gasteiger partial charge in [-0.25, -0.2) is 4.79 Å². The van der Waals surface area contributed by atoms with Gasteiger partial charge < -0.3 is 9.15 Å². The maximum Gasteiger partial charge on any atom is 0.410 e. The molecule has 1 aliphatic heterocycles. The van der Waals surface area contributed by atoms with Crippen molar-refractivity contribution in [2.75, 3.05) is 6.54 Å². The first-order chi connectivity index (χ1) is 9.76. The van der Waals surface area contributed by atoms with Gasteiger partial charge in [-0.3, -0.25) is 4.90 Å². The van der Waals surface area contributed by atoms with Crippen molar-refractivity contribution in [2.24, 2.45) is 0 Å². The van der Waals surface area contributed by atoms with Gasteiger partial charge in [0.2, 0.25) is 5.89 Å². The van der Waals surface area contributed by atoms with E-state index in [0.717, 1.165) is 12.8 Å². The van der Waals surface area contributed by atoms with Crippen LogP contribution < -0.4 is 0 Å². The molecule has 0 spiro atoms. The molecule has 118 valence electrons. The third-order valence-corrected chi connectivity index (χ3v) is 3.76. The third-order valence-electron chi connectivity index (χ3n) is 2.92. The number of aromatic nitrogens is 2. The van der Waals surface area contributed by atoms with Crippen LogP contribution in [-0.4, -0.2) is 38.6 Å². The van der Waals surface area contributed by atoms with E-state index in [4.69, 9.17) is 9.15 Å². The first kappa shape index (κ1) is 16.1. The smallest absolute Gasteiger partial charge is 0.410 e. The van der Waals surface area contributed by atoms with E-state index in [1.807, 2.05) is 20.8 Å². The van der Waals surface area contributed by atoms with Crippen molar-refractivity contribution in [3.63, 3.8) is 0 Å². The minimum Gasteiger partial charge on any atom is -0.444 e. The molecule has 0 aromatic carbocycles. The molecular weight excluding hydrogens is 290 g/mol. The van der Waals surface area contributed by atoms with E-state index in [2.05, 4.69) is 24.0 Å². The zero-order valence-corrected chi connectivity index (χ0v) is 14.1. The second kappa shape index (κ2) is 6.25. The molecule has 1 fully saturated rings. The van der Waals surface area contributed by atoms with Crippen molar-refractivity contribution in [3.8, 4) is 0 Å². The number of carbonyl (C=O) groups is 1. The van der Waals surface area contributed by atoms with Crippen LogP contribution in [0.15, 0.2) is 9.64 Å². The van der Waals surface area contributed by atoms with Crippen LogP contribution >= 0.6 is 11.8 Å². The number of hydrogen-bond donors (Lipinski definition) is 0. The van der Waals surface area contributed by atoms with Crippen LogP contribution in [0.25, 0.3) is 0 Å². The summed E-state index contributed by atoms with van der Waals surface area (Å²) in [6, 6.07) is -0.172. The van der Waals surface area contributed by atoms with Crippen LogP contribution in [0.3, 0.4) is 0 Å². The molecule has 6 nitrogen and oxygen atoms in total. The summed E-state index contributed by atoms with van der Waals surface area (Å²) < 4.78 is 11.1. The number of amides is 1. The summed E-state index contributed by atoms with van der Waals surface area (Å²) in [5.74, 6) is 0.501. The molecular formula is C14H23N3O3S. The molecule has 2 rings (SSSR count). The lowest BCUT2D eigenvalue weighted by atomic mass is 10.2. The molecule has 2 heterocycles. The van der Waals surface area contributed by atoms with Gasteiger partial charge in [0.05, 0.1) is 0 Å². The molecule has 7 heteroatoms. The number of ether oxygens (including phenoxy) is 1. The Labute approximate surface area is 129 Å². The summed E-state index contributed by atoms with van der Waals surface area (Å²) in [5.41, 5.74) is -0.502. The molecule has 0 aliphatic carbocycles. The predicted molar refractivity (Wildman–Crippen MR) is 80.2 cm³/mol. The van der Waals surface area contributed by atoms with Crippen LogP contribution in [0.1, 0.15) is 59.4 Å². The fourth-order valence-electron chi connectivity index (χ4n) is 2.17. The second-order valence-electron chi connectivity index (χ2n) is 6.40. The Balaban J connectivity index is 2.08. The maximum absolute atomic E-state index is 12.2. The first-order valence-electron chi connectivity index (χ1n) is 7.26. The Bertz CT molecular complexity index is 496. The van der Waals surface area contributed by atoms with E-state index in [-0.39, 0.29) is 12.1 Å². The predicted octanol–water partition coefficient (Wildman–Crippen LogP) is 3.64. The molecule has 0 bridgehead atoms. The van der Waals surface area contributed by atoms with Crippen LogP contribution in [-0.2, 0) is 4.74 Å². The molecule has 1 aliphatic rings. The van der Waals surface area contributed by atoms with Gasteiger partial charge in [-0.2, -0.15) is 0 Å². The highest BCUT2D eigenvalue weighted by Crippen LogP contribution is 2.34. The Morgan fingerprint density at radius 1 is 1.43 bits per heavy atom. The Kier molecular flexibility index (Phi) is 4.81. The summed E-state index contributed by atoms with van der Waals surface area (Å²) in [6.45, 7) is 10.4. The van der Waals surface area contributed by atoms with Gasteiger partial charge in [0.15, 0.2) is 0 Å². The largest absolute Gasteiger partial charge is 0.444 e. The second-order valence-corrected chi connectivity index (χ2v) is 7.93. The number of nitrogens with zero attached hydrogens (tertiary/aromatic N) is 3. The lowest BCUT2D eigenvalue weighted by Crippen LogP contribution is -2.36. The summed E-state index contributed by atoms with van der Waals surface area (Å²) in [7, 11) is 0. The zero-order valence-electron chi connectivity index (χ0n) is 13.3. The molecule has 0 N–H and O–H groups in total. The van der Waals surface area contributed by atoms with Gasteiger partial charge in [0.25, 0.3) is 5.22 Å². The van der Waals surface area contributed by atoms with Gasteiger partial charge in [-0.15, -0.1) is 10.2 Å². The zero-order chi connectivity index (χ0) is 15.6. The average Bonchev–Trinajstić information content (AvgIpc) is 2.92. The highest BCUT2D eigenvalue weighted by atomic mass is 32.2. The van der Waals surface area contributed by atoms with Gasteiger partial charge in [-0.05, 0) is 33.6 Å². The van der Waals surface area contributed by atoms with E-state index in [1.165, 1.54) is 11.8 Å². The van der Waals surface area contributed by atoms with Crippen molar-refractivity contribution in [1.29, 1.82) is 0 Å². The highest BCUT2D eigenvalue weighted by Gasteiger charge is 2.36. The summed E-state index contributed by atoms with van der Waals surface area (Å²) in [5, 5.41) is 9.06. The topological polar surface area (TPSA) is 68.5 Å². The van der Waals surface area contributed by atoms with Gasteiger partial charge >= 0.3 is 6.09 Å². The monoisotopic (exact) mass is 313 g/mol. The molecule has 1 saturated heterocycles. The van der Waals surface area contributed by atoms with Crippen molar-refractivity contribution in [1.82, 2.24) is 15.1 Å². The van der Waals surface area contributed by atoms with E-state index < -0.39 is 5.60 Å². The van der Waals surface area contributed by atoms with E-state index in [9.17, 15) is 4.79 Å². The summed E-state index contributed by atoms with van der Waals surface area (Å²) in [6.07, 6.45) is 1.42. The van der Waals surface area contributed by atoms with Crippen LogP contribution in [0.4, 0.5) is 4.79 Å². The number of hydrogen-bond acceptors (Lipinski definition) is 6. The minimum atomic E-state index is -0.502. The first-order valence-corrected chi connectivity index (χ1v) is 8.14. The van der Waals surface area contributed by atoms with Crippen molar-refractivity contribution in [2.45, 2.75) is 69.6 Å². The van der Waals surface area contributed by atoms with Gasteiger partial charge in [0.1, 0.15) is 11.6 Å². The fourth-order valence-corrected chi connectivity index (χ4v) is 2.79. The Morgan fingerprint density at radius 2 is 2.14 bits per heavy atom. The molecule has 1 atom stereocenters. The van der Waals surface area contributed by atoms with Crippen molar-refractivity contribution in [3.05, 3.63) is 5.89 Å². The van der Waals surface area contributed by atoms with E-state index in [1.54, 1.807) is 4.90 Å². The number of carbonyl (C=O) groups excluding carboxylic acids is 1. The third kappa shape index (κ3) is 4.36. The minimum absolute atomic E-state index is 0.172. The van der Waals surface area contributed by atoms with Crippen LogP contribution in [0, 0.1) is 0 Å². The summed E-state index contributed by atoms with van der Waals surface area (Å²) in [4.78, 5) is 13.9. The lowest BCUT2D eigenvalue weighted by molar-refractivity contribution is 0.0201. The normalized spacial score (nSPS) is 19.3. The molecule has 0 saturated carbocycles. The van der Waals surface area contributed by atoms with Crippen molar-refractivity contribution >= 4 is 17.9 Å². The average molecular weight is 313 g/mol. The lowest BCUT2D eigenvalue weighted by Gasteiger charge is -2.27. The van der Waals surface area contributed by atoms with Crippen molar-refractivity contribution < 1.29 is 13.9 Å². The molecule has 1 aromatic heterocycles. The Morgan fingerprint density at radius 3 is 2.76 bits per heavy atom. The number of thioether (sulfide) groups is 1. The SMILES string of the molecule is CC(C)Sc1nnc([C@@H]2CCCN2C(=O)OC(C)(C)C)o1.